The zero-order chi connectivity index (χ0) is 25.9. The lowest BCUT2D eigenvalue weighted by Crippen LogP contribution is -2.66. The number of rotatable bonds is 8. The second-order valence-electron chi connectivity index (χ2n) is 10.6. The van der Waals surface area contributed by atoms with Crippen LogP contribution in [0, 0.1) is 0 Å². The molecule has 1 heterocycles. The summed E-state index contributed by atoms with van der Waals surface area (Å²) in [5, 5.41) is 2.40. The number of nitrogens with zero attached hydrogens (tertiary/aromatic N) is 1. The van der Waals surface area contributed by atoms with Crippen molar-refractivity contribution in [2.75, 3.05) is 6.61 Å². The molecule has 0 aromatic heterocycles. The van der Waals surface area contributed by atoms with Crippen molar-refractivity contribution < 1.29 is 14.0 Å². The van der Waals surface area contributed by atoms with Gasteiger partial charge >= 0.3 is 0 Å². The molecule has 0 radical (unpaired) electrons. The molecule has 5 heteroatoms. The molecule has 2 amide bonds. The SMILES string of the molecule is C/C(=C\C[C@H](C)N1C(=O)c2ccccc2C1=O)CO[Si](c1ccccc1)(c1ccccc1)C(C)(C)C. The van der Waals surface area contributed by atoms with Gasteiger partial charge in [0.1, 0.15) is 0 Å². The van der Waals surface area contributed by atoms with E-state index in [4.69, 9.17) is 4.43 Å². The summed E-state index contributed by atoms with van der Waals surface area (Å²) in [6, 6.07) is 28.0. The maximum Gasteiger partial charge on any atom is 0.261 e. The van der Waals surface area contributed by atoms with Crippen LogP contribution < -0.4 is 10.4 Å². The molecule has 0 unspecified atom stereocenters. The zero-order valence-corrected chi connectivity index (χ0v) is 22.8. The van der Waals surface area contributed by atoms with Crippen LogP contribution in [0.3, 0.4) is 0 Å². The molecule has 0 N–H and O–H groups in total. The number of benzene rings is 3. The third-order valence-corrected chi connectivity index (χ3v) is 12.0. The Morgan fingerprint density at radius 1 is 0.833 bits per heavy atom. The van der Waals surface area contributed by atoms with Gasteiger partial charge in [0.15, 0.2) is 0 Å². The van der Waals surface area contributed by atoms with Crippen molar-refractivity contribution in [2.45, 2.75) is 52.1 Å². The minimum atomic E-state index is -2.62. The lowest BCUT2D eigenvalue weighted by Gasteiger charge is -2.43. The molecular formula is C31H35NO3Si. The van der Waals surface area contributed by atoms with E-state index < -0.39 is 8.32 Å². The summed E-state index contributed by atoms with van der Waals surface area (Å²) in [5.74, 6) is -0.421. The molecule has 1 aliphatic heterocycles. The standard InChI is InChI=1S/C31H35NO3Si/c1-23(20-21-24(2)32-29(33)27-18-12-13-19-28(27)30(32)34)22-35-36(31(3,4)5,25-14-8-6-9-15-25)26-16-10-7-11-17-26/h6-20,24H,21-22H2,1-5H3/b23-20+/t24-/m0/s1. The van der Waals surface area contributed by atoms with Crippen LogP contribution in [0.25, 0.3) is 0 Å². The molecule has 4 nitrogen and oxygen atoms in total. The van der Waals surface area contributed by atoms with Gasteiger partial charge in [0.2, 0.25) is 0 Å². The number of amides is 2. The van der Waals surface area contributed by atoms with E-state index in [0.29, 0.717) is 24.2 Å². The highest BCUT2D eigenvalue weighted by atomic mass is 28.4. The predicted octanol–water partition coefficient (Wildman–Crippen LogP) is 5.58. The molecule has 0 bridgehead atoms. The van der Waals surface area contributed by atoms with E-state index in [9.17, 15) is 9.59 Å². The van der Waals surface area contributed by atoms with Gasteiger partial charge in [0, 0.05) is 6.04 Å². The lowest BCUT2D eigenvalue weighted by molar-refractivity contribution is 0.0598. The Balaban J connectivity index is 1.55. The Morgan fingerprint density at radius 3 is 1.72 bits per heavy atom. The van der Waals surface area contributed by atoms with E-state index in [1.165, 1.54) is 15.3 Å². The maximum absolute atomic E-state index is 12.8. The Kier molecular flexibility index (Phi) is 7.43. The number of carbonyl (C=O) groups is 2. The molecule has 3 aromatic carbocycles. The molecule has 0 aliphatic carbocycles. The van der Waals surface area contributed by atoms with Crippen LogP contribution in [0.1, 0.15) is 61.8 Å². The summed E-state index contributed by atoms with van der Waals surface area (Å²) in [5.41, 5.74) is 2.07. The molecule has 0 spiro atoms. The smallest absolute Gasteiger partial charge is 0.261 e. The molecular weight excluding hydrogens is 462 g/mol. The normalized spacial score (nSPS) is 15.2. The molecule has 0 fully saturated rings. The van der Waals surface area contributed by atoms with Crippen LogP contribution in [-0.2, 0) is 4.43 Å². The first-order valence-electron chi connectivity index (χ1n) is 12.5. The summed E-state index contributed by atoms with van der Waals surface area (Å²) >= 11 is 0. The van der Waals surface area contributed by atoms with E-state index in [2.05, 4.69) is 82.3 Å². The average molecular weight is 498 g/mol. The van der Waals surface area contributed by atoms with E-state index in [0.717, 1.165) is 5.57 Å². The molecule has 186 valence electrons. The molecule has 0 saturated heterocycles. The van der Waals surface area contributed by atoms with Gasteiger partial charge in [-0.1, -0.05) is 105 Å². The van der Waals surface area contributed by atoms with E-state index >= 15 is 0 Å². The molecule has 1 atom stereocenters. The van der Waals surface area contributed by atoms with Gasteiger partial charge < -0.3 is 4.43 Å². The third kappa shape index (κ3) is 4.73. The summed E-state index contributed by atoms with van der Waals surface area (Å²) in [4.78, 5) is 27.1. The van der Waals surface area contributed by atoms with Crippen LogP contribution in [0.2, 0.25) is 5.04 Å². The Bertz CT molecular complexity index is 1190. The first kappa shape index (κ1) is 25.8. The van der Waals surface area contributed by atoms with E-state index in [1.807, 2.05) is 19.1 Å². The van der Waals surface area contributed by atoms with E-state index in [-0.39, 0.29) is 22.9 Å². The highest BCUT2D eigenvalue weighted by molar-refractivity contribution is 6.99. The lowest BCUT2D eigenvalue weighted by atomic mass is 10.1. The fraction of sp³-hybridized carbons (Fsp3) is 0.290. The zero-order valence-electron chi connectivity index (χ0n) is 21.8. The fourth-order valence-corrected chi connectivity index (χ4v) is 9.73. The van der Waals surface area contributed by atoms with Crippen LogP contribution in [0.4, 0.5) is 0 Å². The third-order valence-electron chi connectivity index (χ3n) is 7.01. The second kappa shape index (κ2) is 10.4. The first-order chi connectivity index (χ1) is 17.2. The molecule has 4 rings (SSSR count). The van der Waals surface area contributed by atoms with Crippen LogP contribution >= 0.6 is 0 Å². The topological polar surface area (TPSA) is 46.6 Å². The molecule has 1 aliphatic rings. The molecule has 0 saturated carbocycles. The number of fused-ring (bicyclic) bond motifs is 1. The number of hydrogen-bond acceptors (Lipinski definition) is 3. The van der Waals surface area contributed by atoms with Crippen molar-refractivity contribution in [1.29, 1.82) is 0 Å². The van der Waals surface area contributed by atoms with Crippen molar-refractivity contribution in [3.8, 4) is 0 Å². The van der Waals surface area contributed by atoms with Gasteiger partial charge in [0.05, 0.1) is 17.7 Å². The predicted molar refractivity (Wildman–Crippen MR) is 148 cm³/mol. The van der Waals surface area contributed by atoms with Gasteiger partial charge in [-0.15, -0.1) is 0 Å². The minimum absolute atomic E-state index is 0.0938. The van der Waals surface area contributed by atoms with Gasteiger partial charge in [-0.2, -0.15) is 0 Å². The highest BCUT2D eigenvalue weighted by Gasteiger charge is 2.50. The quantitative estimate of drug-likeness (QED) is 0.232. The monoisotopic (exact) mass is 497 g/mol. The minimum Gasteiger partial charge on any atom is -0.403 e. The number of hydrogen-bond donors (Lipinski definition) is 0. The van der Waals surface area contributed by atoms with Gasteiger partial charge in [-0.25, -0.2) is 0 Å². The summed E-state index contributed by atoms with van der Waals surface area (Å²) in [6.07, 6.45) is 2.69. The second-order valence-corrected chi connectivity index (χ2v) is 14.9. The van der Waals surface area contributed by atoms with Crippen molar-refractivity contribution in [2.24, 2.45) is 0 Å². The van der Waals surface area contributed by atoms with Gasteiger partial charge in [-0.05, 0) is 47.8 Å². The summed E-state index contributed by atoms with van der Waals surface area (Å²) < 4.78 is 7.00. The Hall–Kier alpha value is -3.28. The van der Waals surface area contributed by atoms with Gasteiger partial charge in [0.25, 0.3) is 20.1 Å². The Morgan fingerprint density at radius 2 is 1.28 bits per heavy atom. The maximum atomic E-state index is 12.8. The highest BCUT2D eigenvalue weighted by Crippen LogP contribution is 2.37. The largest absolute Gasteiger partial charge is 0.403 e. The first-order valence-corrected chi connectivity index (χ1v) is 14.4. The van der Waals surface area contributed by atoms with Crippen LogP contribution in [0.15, 0.2) is 96.6 Å². The van der Waals surface area contributed by atoms with Crippen molar-refractivity contribution in [3.05, 3.63) is 108 Å². The molecule has 36 heavy (non-hydrogen) atoms. The number of carbonyl (C=O) groups excluding carboxylic acids is 2. The molecule has 3 aromatic rings. The fourth-order valence-electron chi connectivity index (χ4n) is 5.13. The Labute approximate surface area is 215 Å². The van der Waals surface area contributed by atoms with Gasteiger partial charge in [-0.3, -0.25) is 14.5 Å². The summed E-state index contributed by atoms with van der Waals surface area (Å²) in [6.45, 7) is 11.3. The van der Waals surface area contributed by atoms with Crippen molar-refractivity contribution in [1.82, 2.24) is 4.90 Å². The van der Waals surface area contributed by atoms with Crippen LogP contribution in [-0.4, -0.2) is 37.7 Å². The van der Waals surface area contributed by atoms with E-state index in [1.54, 1.807) is 24.3 Å². The van der Waals surface area contributed by atoms with Crippen LogP contribution in [0.5, 0.6) is 0 Å². The summed E-state index contributed by atoms with van der Waals surface area (Å²) in [7, 11) is -2.62. The van der Waals surface area contributed by atoms with Crippen molar-refractivity contribution in [3.63, 3.8) is 0 Å². The average Bonchev–Trinajstić information content (AvgIpc) is 3.13. The van der Waals surface area contributed by atoms with Crippen molar-refractivity contribution >= 4 is 30.5 Å². The number of imide groups is 1.